The van der Waals surface area contributed by atoms with E-state index >= 15 is 0 Å². The van der Waals surface area contributed by atoms with Gasteiger partial charge in [0.25, 0.3) is 0 Å². The molecule has 0 aliphatic heterocycles. The third-order valence-electron chi connectivity index (χ3n) is 3.85. The molecule has 2 rings (SSSR count). The molecule has 1 aliphatic carbocycles. The summed E-state index contributed by atoms with van der Waals surface area (Å²) in [5.74, 6) is 0.316. The zero-order valence-corrected chi connectivity index (χ0v) is 11.8. The van der Waals surface area contributed by atoms with E-state index in [0.29, 0.717) is 11.9 Å². The molecule has 0 radical (unpaired) electrons. The fourth-order valence-corrected chi connectivity index (χ4v) is 2.61. The van der Waals surface area contributed by atoms with Crippen LogP contribution in [0, 0.1) is 0 Å². The molecular weight excluding hydrogens is 238 g/mol. The molecular formula is C16H25NO2. The smallest absolute Gasteiger partial charge is 0.115 e. The molecule has 1 aromatic carbocycles. The van der Waals surface area contributed by atoms with Crippen LogP contribution in [0.1, 0.15) is 50.6 Å². The Morgan fingerprint density at radius 1 is 1.21 bits per heavy atom. The number of benzene rings is 1. The molecule has 3 nitrogen and oxygen atoms in total. The summed E-state index contributed by atoms with van der Waals surface area (Å²) in [5.41, 5.74) is 1.19. The number of rotatable bonds is 6. The van der Waals surface area contributed by atoms with Crippen molar-refractivity contribution in [3.63, 3.8) is 0 Å². The van der Waals surface area contributed by atoms with Gasteiger partial charge in [-0.2, -0.15) is 0 Å². The summed E-state index contributed by atoms with van der Waals surface area (Å²) in [6, 6.07) is 7.65. The molecule has 0 heterocycles. The lowest BCUT2D eigenvalue weighted by molar-refractivity contribution is 0.0295. The summed E-state index contributed by atoms with van der Waals surface area (Å²) in [7, 11) is 0. The van der Waals surface area contributed by atoms with Crippen LogP contribution in [0.25, 0.3) is 0 Å². The number of phenolic OH excluding ortho intramolecular Hbond substituents is 1. The minimum absolute atomic E-state index is 0.288. The van der Waals surface area contributed by atoms with Gasteiger partial charge in [-0.3, -0.25) is 0 Å². The van der Waals surface area contributed by atoms with Crippen molar-refractivity contribution in [1.82, 2.24) is 5.32 Å². The normalized spacial score (nSPS) is 18.4. The van der Waals surface area contributed by atoms with Crippen molar-refractivity contribution in [2.45, 2.75) is 51.2 Å². The lowest BCUT2D eigenvalue weighted by Crippen LogP contribution is -2.26. The van der Waals surface area contributed by atoms with Gasteiger partial charge >= 0.3 is 0 Å². The Labute approximate surface area is 116 Å². The van der Waals surface area contributed by atoms with Crippen LogP contribution >= 0.6 is 0 Å². The highest BCUT2D eigenvalue weighted by Gasteiger charge is 2.13. The predicted molar refractivity (Wildman–Crippen MR) is 77.3 cm³/mol. The molecule has 1 atom stereocenters. The van der Waals surface area contributed by atoms with Crippen LogP contribution in [0.15, 0.2) is 24.3 Å². The number of nitrogens with one attached hydrogen (secondary N) is 1. The summed E-state index contributed by atoms with van der Waals surface area (Å²) in [6.07, 6.45) is 6.96. The van der Waals surface area contributed by atoms with E-state index in [1.54, 1.807) is 12.1 Å². The van der Waals surface area contributed by atoms with Gasteiger partial charge in [-0.15, -0.1) is 0 Å². The first-order chi connectivity index (χ1) is 9.25. The molecule has 1 saturated carbocycles. The van der Waals surface area contributed by atoms with Gasteiger partial charge in [0.1, 0.15) is 5.75 Å². The summed E-state index contributed by atoms with van der Waals surface area (Å²) < 4.78 is 5.89. The van der Waals surface area contributed by atoms with Crippen LogP contribution < -0.4 is 5.32 Å². The van der Waals surface area contributed by atoms with Gasteiger partial charge in [-0.1, -0.05) is 31.4 Å². The van der Waals surface area contributed by atoms with E-state index in [-0.39, 0.29) is 6.04 Å². The van der Waals surface area contributed by atoms with Crippen LogP contribution in [0.5, 0.6) is 5.75 Å². The van der Waals surface area contributed by atoms with Gasteiger partial charge in [-0.05, 0) is 37.5 Å². The predicted octanol–water partition coefficient (Wildman–Crippen LogP) is 3.39. The Bertz CT molecular complexity index is 358. The standard InChI is InChI=1S/C16H25NO2/c1-13(14-7-9-15(18)10-8-14)17-11-12-19-16-5-3-2-4-6-16/h7-10,13,16-18H,2-6,11-12H2,1H3. The fraction of sp³-hybridized carbons (Fsp3) is 0.625. The second-order valence-electron chi connectivity index (χ2n) is 5.40. The highest BCUT2D eigenvalue weighted by molar-refractivity contribution is 5.27. The molecule has 0 saturated heterocycles. The summed E-state index contributed by atoms with van der Waals surface area (Å²) in [4.78, 5) is 0. The Balaban J connectivity index is 1.63. The summed E-state index contributed by atoms with van der Waals surface area (Å²) >= 11 is 0. The third-order valence-corrected chi connectivity index (χ3v) is 3.85. The topological polar surface area (TPSA) is 41.5 Å². The molecule has 2 N–H and O–H groups in total. The number of ether oxygens (including phenoxy) is 1. The van der Waals surface area contributed by atoms with E-state index in [9.17, 15) is 5.11 Å². The second-order valence-corrected chi connectivity index (χ2v) is 5.40. The lowest BCUT2D eigenvalue weighted by atomic mass is 9.98. The van der Waals surface area contributed by atoms with E-state index in [0.717, 1.165) is 13.2 Å². The average molecular weight is 263 g/mol. The average Bonchev–Trinajstić information content (AvgIpc) is 2.45. The number of hydrogen-bond donors (Lipinski definition) is 2. The van der Waals surface area contributed by atoms with Crippen molar-refractivity contribution in [2.24, 2.45) is 0 Å². The first-order valence-electron chi connectivity index (χ1n) is 7.39. The summed E-state index contributed by atoms with van der Waals surface area (Å²) in [5, 5.41) is 12.7. The summed E-state index contributed by atoms with van der Waals surface area (Å²) in [6.45, 7) is 3.79. The molecule has 1 aliphatic rings. The fourth-order valence-electron chi connectivity index (χ4n) is 2.61. The van der Waals surface area contributed by atoms with E-state index in [4.69, 9.17) is 4.74 Å². The molecule has 19 heavy (non-hydrogen) atoms. The van der Waals surface area contributed by atoms with Gasteiger partial charge in [-0.25, -0.2) is 0 Å². The minimum Gasteiger partial charge on any atom is -0.508 e. The minimum atomic E-state index is 0.288. The maximum atomic E-state index is 9.26. The Morgan fingerprint density at radius 3 is 2.58 bits per heavy atom. The van der Waals surface area contributed by atoms with Crippen LogP contribution in [-0.4, -0.2) is 24.4 Å². The largest absolute Gasteiger partial charge is 0.508 e. The quantitative estimate of drug-likeness (QED) is 0.773. The highest BCUT2D eigenvalue weighted by Crippen LogP contribution is 2.20. The van der Waals surface area contributed by atoms with Gasteiger partial charge < -0.3 is 15.2 Å². The Kier molecular flexibility index (Phi) is 5.67. The van der Waals surface area contributed by atoms with Gasteiger partial charge in [0.05, 0.1) is 12.7 Å². The van der Waals surface area contributed by atoms with E-state index in [1.807, 2.05) is 12.1 Å². The molecule has 3 heteroatoms. The Morgan fingerprint density at radius 2 is 1.89 bits per heavy atom. The Hall–Kier alpha value is -1.06. The molecule has 0 amide bonds. The van der Waals surface area contributed by atoms with Crippen LogP contribution in [-0.2, 0) is 4.74 Å². The van der Waals surface area contributed by atoms with Crippen molar-refractivity contribution in [3.05, 3.63) is 29.8 Å². The van der Waals surface area contributed by atoms with Gasteiger partial charge in [0, 0.05) is 12.6 Å². The van der Waals surface area contributed by atoms with Crippen LogP contribution in [0.2, 0.25) is 0 Å². The first kappa shape index (κ1) is 14.4. The van der Waals surface area contributed by atoms with Crippen molar-refractivity contribution >= 4 is 0 Å². The lowest BCUT2D eigenvalue weighted by Gasteiger charge is -2.22. The van der Waals surface area contributed by atoms with Gasteiger partial charge in [0.15, 0.2) is 0 Å². The van der Waals surface area contributed by atoms with Crippen molar-refractivity contribution in [3.8, 4) is 5.75 Å². The molecule has 0 aromatic heterocycles. The van der Waals surface area contributed by atoms with E-state index < -0.39 is 0 Å². The van der Waals surface area contributed by atoms with Crippen LogP contribution in [0.3, 0.4) is 0 Å². The molecule has 1 aromatic rings. The molecule has 0 spiro atoms. The second kappa shape index (κ2) is 7.51. The zero-order chi connectivity index (χ0) is 13.5. The maximum Gasteiger partial charge on any atom is 0.115 e. The monoisotopic (exact) mass is 263 g/mol. The number of phenols is 1. The highest BCUT2D eigenvalue weighted by atomic mass is 16.5. The molecule has 1 fully saturated rings. The van der Waals surface area contributed by atoms with Gasteiger partial charge in [0.2, 0.25) is 0 Å². The zero-order valence-electron chi connectivity index (χ0n) is 11.8. The number of hydrogen-bond acceptors (Lipinski definition) is 3. The van der Waals surface area contributed by atoms with E-state index in [2.05, 4.69) is 12.2 Å². The number of aromatic hydroxyl groups is 1. The molecule has 1 unspecified atom stereocenters. The van der Waals surface area contributed by atoms with Crippen molar-refractivity contribution < 1.29 is 9.84 Å². The third kappa shape index (κ3) is 4.84. The van der Waals surface area contributed by atoms with Crippen LogP contribution in [0.4, 0.5) is 0 Å². The van der Waals surface area contributed by atoms with Crippen molar-refractivity contribution in [2.75, 3.05) is 13.2 Å². The SMILES string of the molecule is CC(NCCOC1CCCCC1)c1ccc(O)cc1. The van der Waals surface area contributed by atoms with Crippen molar-refractivity contribution in [1.29, 1.82) is 0 Å². The maximum absolute atomic E-state index is 9.26. The molecule has 106 valence electrons. The van der Waals surface area contributed by atoms with E-state index in [1.165, 1.54) is 37.7 Å². The first-order valence-corrected chi connectivity index (χ1v) is 7.39. The molecule has 0 bridgehead atoms.